The monoisotopic (exact) mass is 417 g/mol. The van der Waals surface area contributed by atoms with E-state index in [2.05, 4.69) is 42.6 Å². The van der Waals surface area contributed by atoms with Gasteiger partial charge in [-0.3, -0.25) is 0 Å². The van der Waals surface area contributed by atoms with Gasteiger partial charge in [0.1, 0.15) is 11.6 Å². The maximum Gasteiger partial charge on any atom is 0.330 e. The van der Waals surface area contributed by atoms with Crippen LogP contribution in [-0.4, -0.2) is 27.8 Å². The number of aryl methyl sites for hydroxylation is 1. The summed E-state index contributed by atoms with van der Waals surface area (Å²) in [4.78, 5) is 16.6. The van der Waals surface area contributed by atoms with Crippen molar-refractivity contribution >= 4 is 12.0 Å². The lowest BCUT2D eigenvalue weighted by atomic mass is 9.57. The fraction of sp³-hybridized carbons (Fsp3) is 0.400. The van der Waals surface area contributed by atoms with Crippen molar-refractivity contribution in [2.24, 2.45) is 5.92 Å². The minimum Gasteiger partial charge on any atom is -0.466 e. The summed E-state index contributed by atoms with van der Waals surface area (Å²) in [5.74, 6) is 2.50. The molecule has 2 heterocycles. The van der Waals surface area contributed by atoms with Crippen molar-refractivity contribution in [2.75, 3.05) is 7.11 Å². The van der Waals surface area contributed by atoms with Gasteiger partial charge in [-0.25, -0.2) is 9.78 Å². The van der Waals surface area contributed by atoms with E-state index in [0.29, 0.717) is 11.8 Å². The number of imidazole rings is 1. The van der Waals surface area contributed by atoms with Crippen molar-refractivity contribution < 1.29 is 14.1 Å². The molecule has 0 saturated carbocycles. The quantitative estimate of drug-likeness (QED) is 0.462. The predicted octanol–water partition coefficient (Wildman–Crippen LogP) is 4.53. The molecule has 2 aromatic heterocycles. The Hall–Kier alpha value is -3.15. The predicted molar refractivity (Wildman–Crippen MR) is 117 cm³/mol. The number of carbonyl (C=O) groups is 1. The third-order valence-electron chi connectivity index (χ3n) is 7.18. The average Bonchev–Trinajstić information content (AvgIpc) is 3.36. The maximum absolute atomic E-state index is 11.5. The van der Waals surface area contributed by atoms with Crippen molar-refractivity contribution in [1.82, 2.24) is 14.7 Å². The van der Waals surface area contributed by atoms with Gasteiger partial charge in [0, 0.05) is 34.4 Å². The number of rotatable bonds is 3. The Morgan fingerprint density at radius 3 is 3.03 bits per heavy atom. The van der Waals surface area contributed by atoms with E-state index in [4.69, 9.17) is 14.2 Å². The molecule has 0 aliphatic heterocycles. The number of hydrogen-bond donors (Lipinski definition) is 0. The first-order chi connectivity index (χ1) is 14.9. The molecule has 0 spiro atoms. The fourth-order valence-corrected chi connectivity index (χ4v) is 5.77. The first-order valence-corrected chi connectivity index (χ1v) is 10.8. The summed E-state index contributed by atoms with van der Waals surface area (Å²) in [6, 6.07) is 8.18. The molecule has 0 fully saturated rings. The van der Waals surface area contributed by atoms with Gasteiger partial charge in [-0.1, -0.05) is 31.1 Å². The van der Waals surface area contributed by atoms with Gasteiger partial charge in [0.25, 0.3) is 0 Å². The summed E-state index contributed by atoms with van der Waals surface area (Å²) in [6.07, 6.45) is 8.08. The third kappa shape index (κ3) is 3.04. The Labute approximate surface area is 181 Å². The van der Waals surface area contributed by atoms with Crippen LogP contribution in [0.5, 0.6) is 0 Å². The van der Waals surface area contributed by atoms with Crippen molar-refractivity contribution in [3.63, 3.8) is 0 Å². The molecule has 2 aliphatic rings. The fourth-order valence-electron chi connectivity index (χ4n) is 5.77. The average molecular weight is 418 g/mol. The lowest BCUT2D eigenvalue weighted by Gasteiger charge is -2.46. The molecular formula is C25H27N3O3. The number of methoxy groups -OCH3 is 1. The zero-order chi connectivity index (χ0) is 21.8. The molecule has 0 N–H and O–H groups in total. The summed E-state index contributed by atoms with van der Waals surface area (Å²) >= 11 is 0. The number of fused-ring (bicyclic) bond motifs is 4. The van der Waals surface area contributed by atoms with Crippen LogP contribution in [0.2, 0.25) is 0 Å². The van der Waals surface area contributed by atoms with Crippen LogP contribution in [0.4, 0.5) is 0 Å². The summed E-state index contributed by atoms with van der Waals surface area (Å²) in [7, 11) is 1.38. The standard InChI is InChI=1S/C25H27N3O3/c1-15-20-9-10-21-24(25(20,3)13-18-14-26-31-23(15)18)27-16(2)28(21)19-7-5-6-17(12-19)8-11-22(29)30-4/h5-8,11-12,14-15,20H,9-10,13H2,1-4H3/b11-8+/t15-,20-,25-/m0/s1. The highest BCUT2D eigenvalue weighted by Gasteiger charge is 2.50. The Morgan fingerprint density at radius 1 is 1.39 bits per heavy atom. The van der Waals surface area contributed by atoms with Crippen LogP contribution in [-0.2, 0) is 27.8 Å². The number of nitrogens with zero attached hydrogens (tertiary/aromatic N) is 3. The molecule has 6 heteroatoms. The summed E-state index contributed by atoms with van der Waals surface area (Å²) in [6.45, 7) is 6.69. The molecule has 0 bridgehead atoms. The van der Waals surface area contributed by atoms with E-state index in [1.165, 1.54) is 30.1 Å². The Morgan fingerprint density at radius 2 is 2.23 bits per heavy atom. The number of esters is 1. The zero-order valence-electron chi connectivity index (χ0n) is 18.4. The number of aromatic nitrogens is 3. The van der Waals surface area contributed by atoms with Gasteiger partial charge in [0.05, 0.1) is 19.0 Å². The molecule has 160 valence electrons. The molecular weight excluding hydrogens is 390 g/mol. The molecule has 0 unspecified atom stereocenters. The van der Waals surface area contributed by atoms with Crippen LogP contribution in [0.3, 0.4) is 0 Å². The minimum absolute atomic E-state index is 0.0377. The largest absolute Gasteiger partial charge is 0.466 e. The van der Waals surface area contributed by atoms with Crippen LogP contribution in [0.25, 0.3) is 11.8 Å². The van der Waals surface area contributed by atoms with Crippen LogP contribution >= 0.6 is 0 Å². The van der Waals surface area contributed by atoms with E-state index in [0.717, 1.165) is 42.1 Å². The van der Waals surface area contributed by atoms with E-state index in [1.807, 2.05) is 18.3 Å². The van der Waals surface area contributed by atoms with Crippen molar-refractivity contribution in [1.29, 1.82) is 0 Å². The highest BCUT2D eigenvalue weighted by Crippen LogP contribution is 2.53. The molecule has 0 amide bonds. The molecule has 31 heavy (non-hydrogen) atoms. The van der Waals surface area contributed by atoms with Gasteiger partial charge in [0.15, 0.2) is 0 Å². The lowest BCUT2D eigenvalue weighted by Crippen LogP contribution is -2.44. The van der Waals surface area contributed by atoms with E-state index in [-0.39, 0.29) is 11.4 Å². The Bertz CT molecular complexity index is 1190. The number of benzene rings is 1. The topological polar surface area (TPSA) is 70.2 Å². The lowest BCUT2D eigenvalue weighted by molar-refractivity contribution is -0.134. The van der Waals surface area contributed by atoms with Gasteiger partial charge in [0.2, 0.25) is 0 Å². The van der Waals surface area contributed by atoms with Gasteiger partial charge < -0.3 is 13.8 Å². The molecule has 1 aromatic carbocycles. The van der Waals surface area contributed by atoms with Gasteiger partial charge in [-0.05, 0) is 55.9 Å². The van der Waals surface area contributed by atoms with Crippen molar-refractivity contribution in [3.05, 3.63) is 70.6 Å². The van der Waals surface area contributed by atoms with E-state index < -0.39 is 0 Å². The molecule has 5 rings (SSSR count). The van der Waals surface area contributed by atoms with Crippen molar-refractivity contribution in [2.45, 2.75) is 51.4 Å². The highest BCUT2D eigenvalue weighted by molar-refractivity contribution is 5.87. The van der Waals surface area contributed by atoms with Gasteiger partial charge >= 0.3 is 5.97 Å². The number of hydrogen-bond acceptors (Lipinski definition) is 5. The molecule has 6 nitrogen and oxygen atoms in total. The maximum atomic E-state index is 11.5. The van der Waals surface area contributed by atoms with Gasteiger partial charge in [-0.2, -0.15) is 0 Å². The van der Waals surface area contributed by atoms with E-state index in [1.54, 1.807) is 6.08 Å². The Kier molecular flexibility index (Phi) is 4.61. The molecule has 3 atom stereocenters. The SMILES string of the molecule is COC(=O)/C=C/c1cccc(-n2c(C)nc3c2CC[C@H]2[C@H](C)c4oncc4C[C@]32C)c1. The van der Waals surface area contributed by atoms with E-state index >= 15 is 0 Å². The first-order valence-electron chi connectivity index (χ1n) is 10.8. The summed E-state index contributed by atoms with van der Waals surface area (Å²) in [5.41, 5.74) is 5.68. The van der Waals surface area contributed by atoms with Crippen LogP contribution in [0, 0.1) is 12.8 Å². The second-order valence-electron chi connectivity index (χ2n) is 8.98. The molecule has 3 aromatic rings. The highest BCUT2D eigenvalue weighted by atomic mass is 16.5. The van der Waals surface area contributed by atoms with E-state index in [9.17, 15) is 4.79 Å². The van der Waals surface area contributed by atoms with Crippen LogP contribution in [0.1, 0.15) is 60.3 Å². The van der Waals surface area contributed by atoms with Gasteiger partial charge in [-0.15, -0.1) is 0 Å². The zero-order valence-corrected chi connectivity index (χ0v) is 18.4. The summed E-state index contributed by atoms with van der Waals surface area (Å²) < 4.78 is 12.6. The number of ether oxygens (including phenoxy) is 1. The normalized spacial score (nSPS) is 24.5. The molecule has 2 aliphatic carbocycles. The summed E-state index contributed by atoms with van der Waals surface area (Å²) in [5, 5.41) is 4.08. The Balaban J connectivity index is 1.57. The molecule has 0 radical (unpaired) electrons. The van der Waals surface area contributed by atoms with Crippen LogP contribution in [0.15, 0.2) is 41.1 Å². The second kappa shape index (κ2) is 7.22. The molecule has 0 saturated heterocycles. The number of carbonyl (C=O) groups excluding carboxylic acids is 1. The van der Waals surface area contributed by atoms with Crippen molar-refractivity contribution in [3.8, 4) is 5.69 Å². The second-order valence-corrected chi connectivity index (χ2v) is 8.98. The third-order valence-corrected chi connectivity index (χ3v) is 7.18. The van der Waals surface area contributed by atoms with Crippen LogP contribution < -0.4 is 0 Å². The first kappa shape index (κ1) is 19.8. The minimum atomic E-state index is -0.361. The smallest absolute Gasteiger partial charge is 0.330 e.